The molecule has 0 amide bonds. The topological polar surface area (TPSA) is 42.8 Å². The minimum atomic E-state index is -4.39. The number of aromatic amines is 1. The number of H-pyrrole nitrogens is 1. The molecule has 0 unspecified atom stereocenters. The lowest BCUT2D eigenvalue weighted by atomic mass is 10.2. The number of nitrogens with zero attached hydrogens (tertiary/aromatic N) is 2. The summed E-state index contributed by atoms with van der Waals surface area (Å²) in [6, 6.07) is 4.72. The van der Waals surface area contributed by atoms with Gasteiger partial charge in [0.1, 0.15) is 12.4 Å². The molecule has 0 fully saturated rings. The fourth-order valence-corrected chi connectivity index (χ4v) is 1.98. The second-order valence-electron chi connectivity index (χ2n) is 4.00. The van der Waals surface area contributed by atoms with Crippen LogP contribution in [0.2, 0.25) is 0 Å². The van der Waals surface area contributed by atoms with E-state index in [2.05, 4.69) is 10.2 Å². The van der Waals surface area contributed by atoms with Gasteiger partial charge in [-0.25, -0.2) is 0 Å². The van der Waals surface area contributed by atoms with Crippen LogP contribution in [0.3, 0.4) is 0 Å². The lowest BCUT2D eigenvalue weighted by molar-refractivity contribution is -0.137. The number of halogens is 3. The Morgan fingerprint density at radius 1 is 1.40 bits per heavy atom. The van der Waals surface area contributed by atoms with Gasteiger partial charge < -0.3 is 9.30 Å². The fraction of sp³-hybridized carbons (Fsp3) is 0.333. The molecule has 0 aliphatic rings. The maximum atomic E-state index is 12.6. The third kappa shape index (κ3) is 3.19. The van der Waals surface area contributed by atoms with Gasteiger partial charge in [0.05, 0.1) is 5.56 Å². The fourth-order valence-electron chi connectivity index (χ4n) is 1.70. The zero-order valence-electron chi connectivity index (χ0n) is 10.6. The molecule has 0 radical (unpaired) electrons. The maximum absolute atomic E-state index is 12.6. The molecule has 0 saturated carbocycles. The largest absolute Gasteiger partial charge is 0.486 e. The second kappa shape index (κ2) is 5.66. The Hall–Kier alpha value is -1.83. The minimum Gasteiger partial charge on any atom is -0.486 e. The van der Waals surface area contributed by atoms with Gasteiger partial charge >= 0.3 is 6.18 Å². The molecule has 1 heterocycles. The first-order valence-electron chi connectivity index (χ1n) is 5.86. The molecule has 2 aromatic rings. The molecule has 108 valence electrons. The van der Waals surface area contributed by atoms with Crippen molar-refractivity contribution in [2.45, 2.75) is 26.3 Å². The first-order valence-corrected chi connectivity index (χ1v) is 6.26. The van der Waals surface area contributed by atoms with E-state index in [0.29, 0.717) is 17.1 Å². The molecule has 0 aliphatic heterocycles. The number of alkyl halides is 3. The van der Waals surface area contributed by atoms with Crippen LogP contribution in [0, 0.1) is 4.77 Å². The summed E-state index contributed by atoms with van der Waals surface area (Å²) in [4.78, 5) is 0. The normalized spacial score (nSPS) is 11.6. The molecule has 0 atom stereocenters. The van der Waals surface area contributed by atoms with E-state index in [0.717, 1.165) is 12.1 Å². The quantitative estimate of drug-likeness (QED) is 0.878. The van der Waals surface area contributed by atoms with Crippen molar-refractivity contribution in [1.82, 2.24) is 14.8 Å². The van der Waals surface area contributed by atoms with Crippen LogP contribution in [0.1, 0.15) is 18.3 Å². The van der Waals surface area contributed by atoms with Crippen molar-refractivity contribution in [2.24, 2.45) is 0 Å². The molecule has 1 aromatic heterocycles. The van der Waals surface area contributed by atoms with E-state index in [1.165, 1.54) is 12.1 Å². The monoisotopic (exact) mass is 303 g/mol. The van der Waals surface area contributed by atoms with Crippen LogP contribution >= 0.6 is 12.2 Å². The van der Waals surface area contributed by atoms with E-state index in [1.807, 2.05) is 6.92 Å². The Kier molecular flexibility index (Phi) is 4.12. The van der Waals surface area contributed by atoms with Crippen LogP contribution in [0.4, 0.5) is 13.2 Å². The summed E-state index contributed by atoms with van der Waals surface area (Å²) >= 11 is 5.01. The summed E-state index contributed by atoms with van der Waals surface area (Å²) in [6.07, 6.45) is -4.39. The number of hydrogen-bond acceptors (Lipinski definition) is 3. The molecule has 1 N–H and O–H groups in total. The third-order valence-electron chi connectivity index (χ3n) is 2.68. The predicted molar refractivity (Wildman–Crippen MR) is 68.9 cm³/mol. The van der Waals surface area contributed by atoms with E-state index in [-0.39, 0.29) is 12.4 Å². The van der Waals surface area contributed by atoms with Crippen LogP contribution in [0.5, 0.6) is 5.75 Å². The first-order chi connectivity index (χ1) is 9.41. The molecule has 4 nitrogen and oxygen atoms in total. The van der Waals surface area contributed by atoms with Gasteiger partial charge in [0.15, 0.2) is 10.6 Å². The van der Waals surface area contributed by atoms with E-state index in [9.17, 15) is 13.2 Å². The number of nitrogens with one attached hydrogen (secondary N) is 1. The number of benzene rings is 1. The third-order valence-corrected chi connectivity index (χ3v) is 2.99. The molecule has 2 rings (SSSR count). The van der Waals surface area contributed by atoms with Gasteiger partial charge in [0, 0.05) is 6.54 Å². The molecule has 8 heteroatoms. The van der Waals surface area contributed by atoms with Crippen molar-refractivity contribution in [3.63, 3.8) is 0 Å². The molecule has 0 saturated heterocycles. The van der Waals surface area contributed by atoms with Gasteiger partial charge in [-0.3, -0.25) is 5.10 Å². The summed E-state index contributed by atoms with van der Waals surface area (Å²) in [7, 11) is 0. The Morgan fingerprint density at radius 2 is 2.15 bits per heavy atom. The second-order valence-corrected chi connectivity index (χ2v) is 4.39. The van der Waals surface area contributed by atoms with Crippen molar-refractivity contribution >= 4 is 12.2 Å². The predicted octanol–water partition coefficient (Wildman–Crippen LogP) is 3.56. The average molecular weight is 303 g/mol. The van der Waals surface area contributed by atoms with E-state index in [1.54, 1.807) is 4.57 Å². The molecular weight excluding hydrogens is 291 g/mol. The van der Waals surface area contributed by atoms with Crippen molar-refractivity contribution in [3.05, 3.63) is 40.4 Å². The smallest absolute Gasteiger partial charge is 0.416 e. The molecule has 0 bridgehead atoms. The Labute approximate surface area is 118 Å². The van der Waals surface area contributed by atoms with Crippen molar-refractivity contribution in [2.75, 3.05) is 0 Å². The molecule has 1 aromatic carbocycles. The summed E-state index contributed by atoms with van der Waals surface area (Å²) < 4.78 is 45.2. The van der Waals surface area contributed by atoms with Crippen LogP contribution < -0.4 is 4.74 Å². The minimum absolute atomic E-state index is 0.0439. The van der Waals surface area contributed by atoms with Crippen molar-refractivity contribution in [3.8, 4) is 5.75 Å². The zero-order chi connectivity index (χ0) is 14.8. The van der Waals surface area contributed by atoms with Gasteiger partial charge in [0.2, 0.25) is 0 Å². The summed E-state index contributed by atoms with van der Waals surface area (Å²) in [5.74, 6) is 0.673. The zero-order valence-corrected chi connectivity index (χ0v) is 11.4. The van der Waals surface area contributed by atoms with Crippen LogP contribution in [-0.4, -0.2) is 14.8 Å². The van der Waals surface area contributed by atoms with Gasteiger partial charge in [-0.05, 0) is 37.3 Å². The highest BCUT2D eigenvalue weighted by molar-refractivity contribution is 7.71. The Morgan fingerprint density at radius 3 is 2.80 bits per heavy atom. The molecule has 0 spiro atoms. The number of aromatic nitrogens is 3. The van der Waals surface area contributed by atoms with Crippen LogP contribution in [0.15, 0.2) is 24.3 Å². The number of rotatable bonds is 4. The summed E-state index contributed by atoms with van der Waals surface area (Å²) in [5, 5.41) is 6.59. The van der Waals surface area contributed by atoms with Crippen LogP contribution in [0.25, 0.3) is 0 Å². The lowest BCUT2D eigenvalue weighted by Crippen LogP contribution is -2.08. The average Bonchev–Trinajstić information content (AvgIpc) is 2.76. The van der Waals surface area contributed by atoms with E-state index < -0.39 is 11.7 Å². The molecular formula is C12H12F3N3OS. The van der Waals surface area contributed by atoms with Gasteiger partial charge in [-0.15, -0.1) is 0 Å². The van der Waals surface area contributed by atoms with Gasteiger partial charge in [-0.1, -0.05) is 6.07 Å². The van der Waals surface area contributed by atoms with Crippen molar-refractivity contribution in [1.29, 1.82) is 0 Å². The van der Waals surface area contributed by atoms with Crippen LogP contribution in [-0.2, 0) is 19.3 Å². The highest BCUT2D eigenvalue weighted by atomic mass is 32.1. The highest BCUT2D eigenvalue weighted by Crippen LogP contribution is 2.31. The Balaban J connectivity index is 2.13. The number of ether oxygens (including phenoxy) is 1. The van der Waals surface area contributed by atoms with E-state index in [4.69, 9.17) is 17.0 Å². The SMILES string of the molecule is CCn1c(COc2cccc(C(F)(F)F)c2)n[nH]c1=S. The van der Waals surface area contributed by atoms with Crippen molar-refractivity contribution < 1.29 is 17.9 Å². The summed E-state index contributed by atoms with van der Waals surface area (Å²) in [5.41, 5.74) is -0.746. The number of hydrogen-bond donors (Lipinski definition) is 1. The molecule has 0 aliphatic carbocycles. The first kappa shape index (κ1) is 14.6. The highest BCUT2D eigenvalue weighted by Gasteiger charge is 2.30. The summed E-state index contributed by atoms with van der Waals surface area (Å²) in [6.45, 7) is 2.54. The maximum Gasteiger partial charge on any atom is 0.416 e. The standard InChI is InChI=1S/C12H12F3N3OS/c1-2-18-10(16-17-11(18)20)7-19-9-5-3-4-8(6-9)12(13,14)15/h3-6H,2,7H2,1H3,(H,17,20). The van der Waals surface area contributed by atoms with E-state index >= 15 is 0 Å². The lowest BCUT2D eigenvalue weighted by Gasteiger charge is -2.10. The Bertz CT molecular complexity index is 648. The van der Waals surface area contributed by atoms with Gasteiger partial charge in [0.25, 0.3) is 0 Å². The molecule has 20 heavy (non-hydrogen) atoms. The van der Waals surface area contributed by atoms with Gasteiger partial charge in [-0.2, -0.15) is 18.3 Å².